The first-order valence-electron chi connectivity index (χ1n) is 14.3. The molecule has 0 radical (unpaired) electrons. The summed E-state index contributed by atoms with van der Waals surface area (Å²) in [5.41, 5.74) is 4.43. The summed E-state index contributed by atoms with van der Waals surface area (Å²) in [5.74, 6) is -2.03. The lowest BCUT2D eigenvalue weighted by Crippen LogP contribution is -2.37. The van der Waals surface area contributed by atoms with Crippen molar-refractivity contribution >= 4 is 21.9 Å². The smallest absolute Gasteiger partial charge is 0.333 e. The molecule has 228 valence electrons. The topological polar surface area (TPSA) is 137 Å². The molecule has 9 nitrogen and oxygen atoms in total. The molecule has 1 aliphatic heterocycles. The summed E-state index contributed by atoms with van der Waals surface area (Å²) < 4.78 is 47.3. The van der Waals surface area contributed by atoms with E-state index in [1.165, 1.54) is 4.31 Å². The van der Waals surface area contributed by atoms with Crippen molar-refractivity contribution < 1.29 is 32.2 Å². The first-order chi connectivity index (χ1) is 21.6. The summed E-state index contributed by atoms with van der Waals surface area (Å²) in [4.78, 5) is 26.8. The predicted molar refractivity (Wildman–Crippen MR) is 162 cm³/mol. The number of aliphatic hydroxyl groups is 1. The van der Waals surface area contributed by atoms with Gasteiger partial charge in [-0.05, 0) is 71.0 Å². The van der Waals surface area contributed by atoms with Crippen LogP contribution in [0.4, 0.5) is 4.39 Å². The van der Waals surface area contributed by atoms with E-state index < -0.39 is 39.9 Å². The molecule has 1 amide bonds. The van der Waals surface area contributed by atoms with Gasteiger partial charge in [0, 0.05) is 24.2 Å². The Bertz CT molecular complexity index is 2010. The Morgan fingerprint density at radius 1 is 1.07 bits per heavy atom. The summed E-state index contributed by atoms with van der Waals surface area (Å²) in [6, 6.07) is 21.1. The molecule has 1 aliphatic carbocycles. The van der Waals surface area contributed by atoms with E-state index in [0.717, 1.165) is 29.3 Å². The van der Waals surface area contributed by atoms with Crippen molar-refractivity contribution in [3.05, 3.63) is 124 Å². The Hall–Kier alpha value is -4.89. The summed E-state index contributed by atoms with van der Waals surface area (Å²) in [6.45, 7) is 1.86. The third-order valence-corrected chi connectivity index (χ3v) is 10.0. The minimum atomic E-state index is -4.07. The first-order valence-corrected chi connectivity index (χ1v) is 15.8. The molecule has 2 aliphatic rings. The molecule has 0 aromatic heterocycles. The number of esters is 1. The van der Waals surface area contributed by atoms with Gasteiger partial charge in [0.25, 0.3) is 5.91 Å². The van der Waals surface area contributed by atoms with Gasteiger partial charge in [-0.25, -0.2) is 17.6 Å². The molecule has 2 N–H and O–H groups in total. The fourth-order valence-corrected chi connectivity index (χ4v) is 7.41. The molecule has 11 heteroatoms. The van der Waals surface area contributed by atoms with Gasteiger partial charge in [-0.15, -0.1) is 0 Å². The molecule has 0 fully saturated rings. The fraction of sp³-hybridized carbons (Fsp3) is 0.206. The number of carbonyl (C=O) groups is 2. The number of benzene rings is 4. The van der Waals surface area contributed by atoms with Gasteiger partial charge in [-0.2, -0.15) is 9.57 Å². The predicted octanol–water partition coefficient (Wildman–Crippen LogP) is 4.54. The van der Waals surface area contributed by atoms with Crippen molar-refractivity contribution in [3.63, 3.8) is 0 Å². The maximum Gasteiger partial charge on any atom is 0.333 e. The Morgan fingerprint density at radius 2 is 1.84 bits per heavy atom. The highest BCUT2D eigenvalue weighted by Gasteiger charge is 2.34. The number of rotatable bonds is 7. The lowest BCUT2D eigenvalue weighted by atomic mass is 9.95. The van der Waals surface area contributed by atoms with Gasteiger partial charge in [0.2, 0.25) is 10.0 Å². The van der Waals surface area contributed by atoms with Gasteiger partial charge < -0.3 is 15.2 Å². The quantitative estimate of drug-likeness (QED) is 0.288. The Morgan fingerprint density at radius 3 is 2.62 bits per heavy atom. The van der Waals surface area contributed by atoms with E-state index in [9.17, 15) is 32.8 Å². The highest BCUT2D eigenvalue weighted by molar-refractivity contribution is 7.89. The zero-order chi connectivity index (χ0) is 31.9. The van der Waals surface area contributed by atoms with Crippen LogP contribution in [0.5, 0.6) is 0 Å². The van der Waals surface area contributed by atoms with Gasteiger partial charge in [0.1, 0.15) is 18.0 Å². The summed E-state index contributed by atoms with van der Waals surface area (Å²) in [6.07, 6.45) is -0.499. The molecule has 4 aromatic carbocycles. The number of sulfonamides is 1. The number of carbonyl (C=O) groups excluding carboxylic acids is 2. The van der Waals surface area contributed by atoms with Crippen LogP contribution in [0.3, 0.4) is 0 Å². The zero-order valence-corrected chi connectivity index (χ0v) is 25.0. The molecule has 2 unspecified atom stereocenters. The molecule has 45 heavy (non-hydrogen) atoms. The van der Waals surface area contributed by atoms with E-state index >= 15 is 0 Å². The van der Waals surface area contributed by atoms with Crippen LogP contribution in [0.15, 0.2) is 83.8 Å². The summed E-state index contributed by atoms with van der Waals surface area (Å²) in [7, 11) is -4.07. The standard InChI is InChI=1S/C34H28FN3O6S/c1-2-44-34(41)31(37-33(40)28-9-5-8-27-30(28)25-6-3-4-7-26(25)32(27)39)21-11-10-20-14-15-38(19-23(20)16-21)45(42,43)24-12-13-29(35)22(17-24)18-36/h3-13,16-17,31-32,39H,2,14-15,19H2,1H3,(H,37,40). The molecule has 6 rings (SSSR count). The number of nitrogens with one attached hydrogen (secondary N) is 1. The maximum atomic E-state index is 13.9. The van der Waals surface area contributed by atoms with E-state index in [2.05, 4.69) is 5.32 Å². The van der Waals surface area contributed by atoms with Crippen molar-refractivity contribution in [2.24, 2.45) is 0 Å². The fourth-order valence-electron chi connectivity index (χ4n) is 5.97. The van der Waals surface area contributed by atoms with Crippen molar-refractivity contribution in [1.82, 2.24) is 9.62 Å². The average molecular weight is 626 g/mol. The molecule has 1 heterocycles. The molecular formula is C34H28FN3O6S. The third kappa shape index (κ3) is 5.37. The third-order valence-electron chi connectivity index (χ3n) is 8.20. The van der Waals surface area contributed by atoms with E-state index in [0.29, 0.717) is 34.2 Å². The van der Waals surface area contributed by atoms with E-state index in [1.807, 2.05) is 18.2 Å². The van der Waals surface area contributed by atoms with Crippen molar-refractivity contribution in [2.75, 3.05) is 13.2 Å². The molecule has 0 saturated heterocycles. The van der Waals surface area contributed by atoms with Crippen LogP contribution >= 0.6 is 0 Å². The van der Waals surface area contributed by atoms with Gasteiger partial charge in [0.15, 0.2) is 6.04 Å². The van der Waals surface area contributed by atoms with E-state index in [1.54, 1.807) is 55.5 Å². The maximum absolute atomic E-state index is 13.9. The molecule has 0 spiro atoms. The highest BCUT2D eigenvalue weighted by Crippen LogP contribution is 2.45. The second-order valence-corrected chi connectivity index (χ2v) is 12.7. The number of amides is 1. The summed E-state index contributed by atoms with van der Waals surface area (Å²) >= 11 is 0. The van der Waals surface area contributed by atoms with Gasteiger partial charge >= 0.3 is 5.97 Å². The van der Waals surface area contributed by atoms with Gasteiger partial charge in [-0.1, -0.05) is 54.6 Å². The van der Waals surface area contributed by atoms with Crippen molar-refractivity contribution in [3.8, 4) is 17.2 Å². The number of hydrogen-bond acceptors (Lipinski definition) is 7. The zero-order valence-electron chi connectivity index (χ0n) is 24.2. The second kappa shape index (κ2) is 11.9. The second-order valence-electron chi connectivity index (χ2n) is 10.8. The first kappa shape index (κ1) is 30.1. The van der Waals surface area contributed by atoms with Crippen LogP contribution in [0.1, 0.15) is 62.8 Å². The minimum Gasteiger partial charge on any atom is -0.464 e. The Kier molecular flexibility index (Phi) is 7.97. The Labute approximate surface area is 259 Å². The molecule has 4 aromatic rings. The van der Waals surface area contributed by atoms with E-state index in [-0.39, 0.29) is 35.7 Å². The van der Waals surface area contributed by atoms with Crippen LogP contribution < -0.4 is 5.32 Å². The largest absolute Gasteiger partial charge is 0.464 e. The molecular weight excluding hydrogens is 597 g/mol. The average Bonchev–Trinajstić information content (AvgIpc) is 3.35. The van der Waals surface area contributed by atoms with Crippen LogP contribution in [-0.4, -0.2) is 42.9 Å². The SMILES string of the molecule is CCOC(=O)C(NC(=O)c1cccc2c1-c1ccccc1C2O)c1ccc2c(c1)CN(S(=O)(=O)c1ccc(F)c(C#N)c1)CC2. The number of hydrogen-bond donors (Lipinski definition) is 2. The lowest BCUT2D eigenvalue weighted by molar-refractivity contribution is -0.145. The number of nitrogens with zero attached hydrogens (tertiary/aromatic N) is 2. The van der Waals surface area contributed by atoms with Crippen LogP contribution in [0.25, 0.3) is 11.1 Å². The number of aliphatic hydroxyl groups excluding tert-OH is 1. The Balaban J connectivity index is 1.31. The van der Waals surface area contributed by atoms with Crippen molar-refractivity contribution in [1.29, 1.82) is 5.26 Å². The minimum absolute atomic E-state index is 0.0326. The van der Waals surface area contributed by atoms with Crippen LogP contribution in [0, 0.1) is 17.1 Å². The van der Waals surface area contributed by atoms with Crippen LogP contribution in [0.2, 0.25) is 0 Å². The number of ether oxygens (including phenoxy) is 1. The van der Waals surface area contributed by atoms with Crippen molar-refractivity contribution in [2.45, 2.75) is 36.9 Å². The van der Waals surface area contributed by atoms with Crippen LogP contribution in [-0.2, 0) is 32.5 Å². The lowest BCUT2D eigenvalue weighted by Gasteiger charge is -2.29. The number of nitriles is 1. The molecule has 2 atom stereocenters. The monoisotopic (exact) mass is 625 g/mol. The number of halogens is 1. The summed E-state index contributed by atoms with van der Waals surface area (Å²) in [5, 5.41) is 22.9. The molecule has 0 bridgehead atoms. The van der Waals surface area contributed by atoms with Gasteiger partial charge in [-0.3, -0.25) is 4.79 Å². The molecule has 0 saturated carbocycles. The normalized spacial score (nSPS) is 16.1. The van der Waals surface area contributed by atoms with E-state index in [4.69, 9.17) is 4.74 Å². The van der Waals surface area contributed by atoms with Gasteiger partial charge in [0.05, 0.1) is 17.1 Å². The highest BCUT2D eigenvalue weighted by atomic mass is 32.2. The number of fused-ring (bicyclic) bond motifs is 4.